The fourth-order valence-corrected chi connectivity index (χ4v) is 6.71. The molecule has 1 aliphatic heterocycles. The van der Waals surface area contributed by atoms with Crippen LogP contribution in [0.1, 0.15) is 57.2 Å². The highest BCUT2D eigenvalue weighted by atomic mass is 32.2. The SMILES string of the molecule is COC1NS(=O)(=NC(=O)Nc2c3c(cc4c2CCC4)CCC3)c2cc(C(=O)O)ccc21. The Hall–Kier alpha value is -2.75. The lowest BCUT2D eigenvalue weighted by atomic mass is 9.99. The van der Waals surface area contributed by atoms with Crippen molar-refractivity contribution in [3.05, 3.63) is 57.6 Å². The molecule has 2 aliphatic carbocycles. The summed E-state index contributed by atoms with van der Waals surface area (Å²) in [5.74, 6) is -1.15. The zero-order chi connectivity index (χ0) is 21.8. The van der Waals surface area contributed by atoms with Crippen molar-refractivity contribution in [1.82, 2.24) is 4.72 Å². The molecule has 31 heavy (non-hydrogen) atoms. The van der Waals surface area contributed by atoms with E-state index >= 15 is 0 Å². The van der Waals surface area contributed by atoms with Crippen molar-refractivity contribution in [2.24, 2.45) is 4.36 Å². The number of carbonyl (C=O) groups excluding carboxylic acids is 1. The third-order valence-corrected chi connectivity index (χ3v) is 8.17. The molecule has 2 aromatic carbocycles. The van der Waals surface area contributed by atoms with Gasteiger partial charge in [0.25, 0.3) is 0 Å². The molecule has 2 amide bonds. The minimum atomic E-state index is -3.40. The summed E-state index contributed by atoms with van der Waals surface area (Å²) in [7, 11) is -1.96. The molecule has 0 aromatic heterocycles. The van der Waals surface area contributed by atoms with E-state index in [2.05, 4.69) is 20.5 Å². The summed E-state index contributed by atoms with van der Waals surface area (Å²) in [5.41, 5.74) is 6.16. The van der Waals surface area contributed by atoms with Gasteiger partial charge >= 0.3 is 12.0 Å². The molecule has 9 heteroatoms. The zero-order valence-corrected chi connectivity index (χ0v) is 17.9. The van der Waals surface area contributed by atoms with E-state index in [-0.39, 0.29) is 10.5 Å². The second-order valence-electron chi connectivity index (χ2n) is 8.07. The first-order valence-corrected chi connectivity index (χ1v) is 11.8. The Kier molecular flexibility index (Phi) is 4.84. The Balaban J connectivity index is 1.54. The lowest BCUT2D eigenvalue weighted by molar-refractivity contribution is 0.0696. The Bertz CT molecular complexity index is 1210. The van der Waals surface area contributed by atoms with Crippen molar-refractivity contribution in [2.45, 2.75) is 49.6 Å². The number of hydrogen-bond donors (Lipinski definition) is 3. The predicted octanol–water partition coefficient (Wildman–Crippen LogP) is 3.58. The van der Waals surface area contributed by atoms with Crippen LogP contribution in [0.3, 0.4) is 0 Å². The zero-order valence-electron chi connectivity index (χ0n) is 17.1. The van der Waals surface area contributed by atoms with Crippen LogP contribution in [0.4, 0.5) is 10.5 Å². The number of hydrogen-bond acceptors (Lipinski definition) is 4. The number of fused-ring (bicyclic) bond motifs is 3. The normalized spacial score (nSPS) is 23.2. The molecule has 8 nitrogen and oxygen atoms in total. The van der Waals surface area contributed by atoms with Gasteiger partial charge < -0.3 is 15.2 Å². The van der Waals surface area contributed by atoms with Gasteiger partial charge in [-0.25, -0.2) is 13.8 Å². The van der Waals surface area contributed by atoms with Crippen LogP contribution in [0.5, 0.6) is 0 Å². The number of carboxylic acids is 1. The molecular weight excluding hydrogens is 418 g/mol. The number of ether oxygens (including phenoxy) is 1. The second kappa shape index (κ2) is 7.44. The number of nitrogens with zero attached hydrogens (tertiary/aromatic N) is 1. The molecule has 0 spiro atoms. The molecule has 5 rings (SSSR count). The summed E-state index contributed by atoms with van der Waals surface area (Å²) in [6.45, 7) is 0. The molecular formula is C22H23N3O5S. The molecule has 0 bridgehead atoms. The van der Waals surface area contributed by atoms with Crippen molar-refractivity contribution >= 4 is 27.6 Å². The van der Waals surface area contributed by atoms with Gasteiger partial charge in [0.15, 0.2) is 0 Å². The number of nitrogens with one attached hydrogen (secondary N) is 2. The first kappa shape index (κ1) is 20.2. The predicted molar refractivity (Wildman–Crippen MR) is 115 cm³/mol. The minimum absolute atomic E-state index is 0.0284. The van der Waals surface area contributed by atoms with E-state index in [9.17, 15) is 18.9 Å². The van der Waals surface area contributed by atoms with Crippen LogP contribution in [-0.2, 0) is 40.3 Å². The van der Waals surface area contributed by atoms with Gasteiger partial charge in [-0.2, -0.15) is 4.72 Å². The summed E-state index contributed by atoms with van der Waals surface area (Å²) in [6, 6.07) is 5.80. The van der Waals surface area contributed by atoms with Gasteiger partial charge in [-0.3, -0.25) is 0 Å². The van der Waals surface area contributed by atoms with E-state index in [4.69, 9.17) is 4.74 Å². The summed E-state index contributed by atoms with van der Waals surface area (Å²) in [5, 5.41) is 12.2. The Labute approximate surface area is 180 Å². The van der Waals surface area contributed by atoms with Crippen LogP contribution in [0.2, 0.25) is 0 Å². The second-order valence-corrected chi connectivity index (χ2v) is 9.98. The average Bonchev–Trinajstić information content (AvgIpc) is 3.45. The highest BCUT2D eigenvalue weighted by molar-refractivity contribution is 7.92. The van der Waals surface area contributed by atoms with E-state index in [1.165, 1.54) is 36.4 Å². The number of amides is 2. The lowest BCUT2D eigenvalue weighted by Gasteiger charge is -2.15. The number of urea groups is 1. The highest BCUT2D eigenvalue weighted by Gasteiger charge is 2.34. The van der Waals surface area contributed by atoms with Crippen molar-refractivity contribution in [2.75, 3.05) is 12.4 Å². The average molecular weight is 442 g/mol. The van der Waals surface area contributed by atoms with Gasteiger partial charge in [0.1, 0.15) is 16.1 Å². The maximum absolute atomic E-state index is 13.6. The van der Waals surface area contributed by atoms with Crippen LogP contribution in [0.25, 0.3) is 0 Å². The summed E-state index contributed by atoms with van der Waals surface area (Å²) < 4.78 is 25.7. The molecule has 1 heterocycles. The number of aryl methyl sites for hydroxylation is 2. The van der Waals surface area contributed by atoms with Crippen LogP contribution in [0.15, 0.2) is 33.5 Å². The van der Waals surface area contributed by atoms with Gasteiger partial charge in [0.05, 0.1) is 10.5 Å². The third-order valence-electron chi connectivity index (χ3n) is 6.26. The maximum atomic E-state index is 13.6. The number of methoxy groups -OCH3 is 1. The summed E-state index contributed by atoms with van der Waals surface area (Å²) in [4.78, 5) is 24.5. The quantitative estimate of drug-likeness (QED) is 0.673. The highest BCUT2D eigenvalue weighted by Crippen LogP contribution is 2.39. The number of carbonyl (C=O) groups is 2. The number of rotatable bonds is 3. The van der Waals surface area contributed by atoms with Crippen molar-refractivity contribution in [3.63, 3.8) is 0 Å². The molecule has 3 aliphatic rings. The molecule has 0 fully saturated rings. The van der Waals surface area contributed by atoms with Crippen molar-refractivity contribution < 1.29 is 23.6 Å². The van der Waals surface area contributed by atoms with Crippen molar-refractivity contribution in [3.8, 4) is 0 Å². The first-order valence-electron chi connectivity index (χ1n) is 10.3. The van der Waals surface area contributed by atoms with E-state index in [0.29, 0.717) is 5.56 Å². The fraction of sp³-hybridized carbons (Fsp3) is 0.364. The van der Waals surface area contributed by atoms with Gasteiger partial charge in [-0.05, 0) is 72.9 Å². The molecule has 0 saturated carbocycles. The number of aromatic carboxylic acids is 1. The standard InChI is InChI=1S/C22H23N3O5S/c1-30-20-17-9-8-14(21(26)27)11-18(17)31(29,24-20)25-22(28)23-19-15-6-2-4-12(15)10-13-5-3-7-16(13)19/h8-11,20H,2-7H2,1H3,(H,26,27)(H2,23,24,25,28,29). The van der Waals surface area contributed by atoms with Gasteiger partial charge in [-0.1, -0.05) is 12.1 Å². The van der Waals surface area contributed by atoms with Crippen LogP contribution in [-0.4, -0.2) is 28.4 Å². The molecule has 2 aromatic rings. The third kappa shape index (κ3) is 3.33. The maximum Gasteiger partial charge on any atom is 0.354 e. The Morgan fingerprint density at radius 1 is 1.13 bits per heavy atom. The lowest BCUT2D eigenvalue weighted by Crippen LogP contribution is -2.23. The first-order chi connectivity index (χ1) is 14.9. The molecule has 0 radical (unpaired) electrons. The fourth-order valence-electron chi connectivity index (χ4n) is 4.86. The van der Waals surface area contributed by atoms with Gasteiger partial charge in [-0.15, -0.1) is 4.36 Å². The molecule has 162 valence electrons. The number of anilines is 1. The molecule has 2 atom stereocenters. The van der Waals surface area contributed by atoms with Crippen molar-refractivity contribution in [1.29, 1.82) is 0 Å². The topological polar surface area (TPSA) is 117 Å². The summed E-state index contributed by atoms with van der Waals surface area (Å²) in [6.07, 6.45) is 5.18. The molecule has 2 unspecified atom stereocenters. The minimum Gasteiger partial charge on any atom is -0.478 e. The summed E-state index contributed by atoms with van der Waals surface area (Å²) >= 11 is 0. The van der Waals surface area contributed by atoms with E-state index in [0.717, 1.165) is 55.3 Å². The van der Waals surface area contributed by atoms with Gasteiger partial charge in [0, 0.05) is 18.4 Å². The van der Waals surface area contributed by atoms with Crippen LogP contribution in [0, 0.1) is 0 Å². The molecule has 0 saturated heterocycles. The monoisotopic (exact) mass is 441 g/mol. The number of carboxylic acid groups (broad SMARTS) is 1. The number of benzene rings is 2. The van der Waals surface area contributed by atoms with Crippen LogP contribution < -0.4 is 10.0 Å². The molecule has 3 N–H and O–H groups in total. The Morgan fingerprint density at radius 3 is 2.42 bits per heavy atom. The van der Waals surface area contributed by atoms with E-state index < -0.39 is 28.1 Å². The van der Waals surface area contributed by atoms with E-state index in [1.807, 2.05) is 0 Å². The van der Waals surface area contributed by atoms with E-state index in [1.54, 1.807) is 0 Å². The Morgan fingerprint density at radius 2 is 1.81 bits per heavy atom. The van der Waals surface area contributed by atoms with Crippen LogP contribution >= 0.6 is 0 Å². The van der Waals surface area contributed by atoms with Gasteiger partial charge in [0.2, 0.25) is 0 Å². The smallest absolute Gasteiger partial charge is 0.354 e. The largest absolute Gasteiger partial charge is 0.478 e.